The lowest BCUT2D eigenvalue weighted by atomic mass is 10.6. The van der Waals surface area contributed by atoms with E-state index in [9.17, 15) is 4.79 Å². The second kappa shape index (κ2) is 4.24. The molecule has 0 heterocycles. The first-order valence-corrected chi connectivity index (χ1v) is 3.18. The van der Waals surface area contributed by atoms with Crippen LogP contribution in [-0.2, 0) is 4.79 Å². The number of carbonyl (C=O) groups is 1. The third kappa shape index (κ3) is 3.42. The summed E-state index contributed by atoms with van der Waals surface area (Å²) in [5.41, 5.74) is 0. The van der Waals surface area contributed by atoms with Crippen molar-refractivity contribution in [2.24, 2.45) is 0 Å². The van der Waals surface area contributed by atoms with Gasteiger partial charge in [-0.15, -0.1) is 0 Å². The molecule has 0 radical (unpaired) electrons. The molecule has 0 aliphatic carbocycles. The van der Waals surface area contributed by atoms with E-state index in [1.165, 1.54) is 6.92 Å². The number of amides is 1. The molecule has 0 spiro atoms. The minimum atomic E-state index is -0.0718. The SMILES string of the molecule is CNC(NC(C)=O)N(C)C. The monoisotopic (exact) mass is 145 g/mol. The fourth-order valence-electron chi connectivity index (χ4n) is 0.652. The number of hydrogen-bond acceptors (Lipinski definition) is 3. The highest BCUT2D eigenvalue weighted by Gasteiger charge is 2.07. The van der Waals surface area contributed by atoms with Crippen LogP contribution in [0.1, 0.15) is 6.92 Å². The lowest BCUT2D eigenvalue weighted by Gasteiger charge is -2.23. The molecule has 60 valence electrons. The Morgan fingerprint density at radius 1 is 1.50 bits per heavy atom. The van der Waals surface area contributed by atoms with Gasteiger partial charge in [0.2, 0.25) is 5.91 Å². The van der Waals surface area contributed by atoms with Crippen molar-refractivity contribution in [3.8, 4) is 0 Å². The van der Waals surface area contributed by atoms with Crippen LogP contribution in [0.4, 0.5) is 0 Å². The maximum absolute atomic E-state index is 10.5. The Morgan fingerprint density at radius 2 is 2.00 bits per heavy atom. The van der Waals surface area contributed by atoms with Crippen molar-refractivity contribution < 1.29 is 4.79 Å². The van der Waals surface area contributed by atoms with Crippen molar-refractivity contribution >= 4 is 5.91 Å². The smallest absolute Gasteiger partial charge is 0.219 e. The van der Waals surface area contributed by atoms with Crippen LogP contribution in [0.25, 0.3) is 0 Å². The van der Waals surface area contributed by atoms with Crippen molar-refractivity contribution in [3.05, 3.63) is 0 Å². The third-order valence-corrected chi connectivity index (χ3v) is 1.13. The minimum absolute atomic E-state index is 0.0342. The predicted molar refractivity (Wildman–Crippen MR) is 40.4 cm³/mol. The van der Waals surface area contributed by atoms with Gasteiger partial charge in [0.1, 0.15) is 6.29 Å². The van der Waals surface area contributed by atoms with Crippen LogP contribution < -0.4 is 10.6 Å². The summed E-state index contributed by atoms with van der Waals surface area (Å²) < 4.78 is 0. The molecule has 2 N–H and O–H groups in total. The standard InChI is InChI=1S/C6H15N3O/c1-5(10)8-6(7-2)9(3)4/h6-7H,1-4H3,(H,8,10). The second-order valence-corrected chi connectivity index (χ2v) is 2.36. The van der Waals surface area contributed by atoms with E-state index < -0.39 is 0 Å². The molecule has 0 saturated heterocycles. The summed E-state index contributed by atoms with van der Waals surface area (Å²) in [4.78, 5) is 12.4. The van der Waals surface area contributed by atoms with Gasteiger partial charge in [0.05, 0.1) is 0 Å². The van der Waals surface area contributed by atoms with Gasteiger partial charge in [-0.1, -0.05) is 0 Å². The molecule has 1 unspecified atom stereocenters. The number of hydrogen-bond donors (Lipinski definition) is 2. The molecule has 0 aromatic heterocycles. The molecule has 0 aromatic carbocycles. The van der Waals surface area contributed by atoms with Crippen molar-refractivity contribution in [1.29, 1.82) is 0 Å². The van der Waals surface area contributed by atoms with Crippen LogP contribution >= 0.6 is 0 Å². The Kier molecular flexibility index (Phi) is 3.99. The Bertz CT molecular complexity index is 114. The van der Waals surface area contributed by atoms with Gasteiger partial charge in [0, 0.05) is 6.92 Å². The predicted octanol–water partition coefficient (Wildman–Crippen LogP) is -0.813. The molecule has 0 saturated carbocycles. The Morgan fingerprint density at radius 3 is 2.10 bits per heavy atom. The van der Waals surface area contributed by atoms with Gasteiger partial charge in [-0.05, 0) is 21.1 Å². The van der Waals surface area contributed by atoms with Gasteiger partial charge in [0.25, 0.3) is 0 Å². The Hall–Kier alpha value is -0.610. The summed E-state index contributed by atoms with van der Waals surface area (Å²) in [7, 11) is 5.56. The fourth-order valence-corrected chi connectivity index (χ4v) is 0.652. The normalized spacial score (nSPS) is 13.3. The van der Waals surface area contributed by atoms with E-state index in [0.717, 1.165) is 0 Å². The number of nitrogens with zero attached hydrogens (tertiary/aromatic N) is 1. The highest BCUT2D eigenvalue weighted by atomic mass is 16.1. The van der Waals surface area contributed by atoms with Gasteiger partial charge in [-0.3, -0.25) is 15.0 Å². The van der Waals surface area contributed by atoms with Crippen LogP contribution in [-0.4, -0.2) is 38.2 Å². The molecule has 1 amide bonds. The lowest BCUT2D eigenvalue weighted by Crippen LogP contribution is -2.52. The molecule has 0 rings (SSSR count). The fraction of sp³-hybridized carbons (Fsp3) is 0.833. The molecule has 1 atom stereocenters. The Balaban J connectivity index is 3.71. The summed E-state index contributed by atoms with van der Waals surface area (Å²) >= 11 is 0. The summed E-state index contributed by atoms with van der Waals surface area (Å²) in [5, 5.41) is 5.63. The highest BCUT2D eigenvalue weighted by molar-refractivity contribution is 5.73. The lowest BCUT2D eigenvalue weighted by molar-refractivity contribution is -0.120. The van der Waals surface area contributed by atoms with Gasteiger partial charge < -0.3 is 5.32 Å². The largest absolute Gasteiger partial charge is 0.328 e. The van der Waals surface area contributed by atoms with E-state index in [4.69, 9.17) is 0 Å². The van der Waals surface area contributed by atoms with E-state index in [1.54, 1.807) is 7.05 Å². The molecule has 4 heteroatoms. The molecule has 0 aliphatic rings. The number of nitrogens with one attached hydrogen (secondary N) is 2. The first-order valence-electron chi connectivity index (χ1n) is 3.18. The summed E-state index contributed by atoms with van der Waals surface area (Å²) in [6.07, 6.45) is -0.0718. The summed E-state index contributed by atoms with van der Waals surface area (Å²) in [6, 6.07) is 0. The van der Waals surface area contributed by atoms with Crippen molar-refractivity contribution in [3.63, 3.8) is 0 Å². The zero-order valence-corrected chi connectivity index (χ0v) is 6.93. The van der Waals surface area contributed by atoms with Crippen LogP contribution in [0.5, 0.6) is 0 Å². The quantitative estimate of drug-likeness (QED) is 0.510. The molecular weight excluding hydrogens is 130 g/mol. The van der Waals surface area contributed by atoms with E-state index in [0.29, 0.717) is 0 Å². The van der Waals surface area contributed by atoms with Crippen LogP contribution in [0.15, 0.2) is 0 Å². The molecule has 4 nitrogen and oxygen atoms in total. The molecule has 0 bridgehead atoms. The molecule has 0 fully saturated rings. The maximum atomic E-state index is 10.5. The van der Waals surface area contributed by atoms with Gasteiger partial charge >= 0.3 is 0 Å². The number of carbonyl (C=O) groups excluding carboxylic acids is 1. The van der Waals surface area contributed by atoms with Gasteiger partial charge in [0.15, 0.2) is 0 Å². The van der Waals surface area contributed by atoms with Crippen molar-refractivity contribution in [1.82, 2.24) is 15.5 Å². The maximum Gasteiger partial charge on any atom is 0.219 e. The first-order chi connectivity index (χ1) is 4.57. The molecular formula is C6H15N3O. The average Bonchev–Trinajstić information content (AvgIpc) is 1.81. The number of rotatable bonds is 3. The van der Waals surface area contributed by atoms with Crippen LogP contribution in [0.2, 0.25) is 0 Å². The summed E-state index contributed by atoms with van der Waals surface area (Å²) in [5.74, 6) is -0.0342. The summed E-state index contributed by atoms with van der Waals surface area (Å²) in [6.45, 7) is 1.49. The van der Waals surface area contributed by atoms with E-state index in [2.05, 4.69) is 10.6 Å². The average molecular weight is 145 g/mol. The van der Waals surface area contributed by atoms with Crippen molar-refractivity contribution in [2.45, 2.75) is 13.2 Å². The zero-order valence-electron chi connectivity index (χ0n) is 6.93. The van der Waals surface area contributed by atoms with E-state index in [1.807, 2.05) is 19.0 Å². The molecule has 0 aliphatic heterocycles. The first kappa shape index (κ1) is 9.39. The zero-order chi connectivity index (χ0) is 8.15. The highest BCUT2D eigenvalue weighted by Crippen LogP contribution is 1.80. The third-order valence-electron chi connectivity index (χ3n) is 1.13. The van der Waals surface area contributed by atoms with Crippen molar-refractivity contribution in [2.75, 3.05) is 21.1 Å². The minimum Gasteiger partial charge on any atom is -0.328 e. The Labute approximate surface area is 61.6 Å². The van der Waals surface area contributed by atoms with Crippen LogP contribution in [0, 0.1) is 0 Å². The van der Waals surface area contributed by atoms with E-state index >= 15 is 0 Å². The molecule has 0 aromatic rings. The topological polar surface area (TPSA) is 44.4 Å². The van der Waals surface area contributed by atoms with Gasteiger partial charge in [-0.2, -0.15) is 0 Å². The molecule has 10 heavy (non-hydrogen) atoms. The van der Waals surface area contributed by atoms with E-state index in [-0.39, 0.29) is 12.2 Å². The van der Waals surface area contributed by atoms with Crippen LogP contribution in [0.3, 0.4) is 0 Å². The van der Waals surface area contributed by atoms with Gasteiger partial charge in [-0.25, -0.2) is 0 Å². The second-order valence-electron chi connectivity index (χ2n) is 2.36.